The van der Waals surface area contributed by atoms with Gasteiger partial charge in [0.1, 0.15) is 0 Å². The first-order chi connectivity index (χ1) is 9.29. The molecule has 3 N–H and O–H groups in total. The van der Waals surface area contributed by atoms with E-state index in [0.717, 1.165) is 5.57 Å². The van der Waals surface area contributed by atoms with Crippen molar-refractivity contribution >= 4 is 5.97 Å². The number of carbonyl (C=O) groups excluding carboxylic acids is 1. The SMILES string of the molecule is O=C1C=C(CCO)C2C(NNC2C2CCCCC2)O1. The molecule has 0 aromatic rings. The second-order valence-corrected chi connectivity index (χ2v) is 5.79. The van der Waals surface area contributed by atoms with E-state index >= 15 is 0 Å². The van der Waals surface area contributed by atoms with Crippen LogP contribution in [-0.4, -0.2) is 30.0 Å². The smallest absolute Gasteiger partial charge is 0.332 e. The molecule has 5 nitrogen and oxygen atoms in total. The number of rotatable bonds is 3. The summed E-state index contributed by atoms with van der Waals surface area (Å²) in [6, 6.07) is 0.316. The first kappa shape index (κ1) is 13.1. The minimum Gasteiger partial charge on any atom is -0.441 e. The Morgan fingerprint density at radius 3 is 2.79 bits per heavy atom. The lowest BCUT2D eigenvalue weighted by Crippen LogP contribution is -2.40. The van der Waals surface area contributed by atoms with Crippen LogP contribution in [0.2, 0.25) is 0 Å². The van der Waals surface area contributed by atoms with E-state index < -0.39 is 0 Å². The zero-order chi connectivity index (χ0) is 13.2. The van der Waals surface area contributed by atoms with Gasteiger partial charge in [-0.05, 0) is 25.2 Å². The van der Waals surface area contributed by atoms with E-state index in [4.69, 9.17) is 4.74 Å². The molecule has 0 amide bonds. The van der Waals surface area contributed by atoms with E-state index in [1.165, 1.54) is 32.1 Å². The molecule has 3 aliphatic rings. The fourth-order valence-electron chi connectivity index (χ4n) is 3.75. The van der Waals surface area contributed by atoms with Crippen LogP contribution in [0.25, 0.3) is 0 Å². The van der Waals surface area contributed by atoms with Crippen molar-refractivity contribution in [3.05, 3.63) is 11.6 Å². The molecule has 1 aliphatic carbocycles. The van der Waals surface area contributed by atoms with Crippen LogP contribution >= 0.6 is 0 Å². The minimum atomic E-state index is -0.303. The monoisotopic (exact) mass is 266 g/mol. The zero-order valence-corrected chi connectivity index (χ0v) is 11.1. The average molecular weight is 266 g/mol. The van der Waals surface area contributed by atoms with Crippen molar-refractivity contribution < 1.29 is 14.6 Å². The van der Waals surface area contributed by atoms with E-state index in [-0.39, 0.29) is 24.7 Å². The third-order valence-corrected chi connectivity index (χ3v) is 4.64. The molecule has 5 heteroatoms. The normalized spacial score (nSPS) is 35.7. The van der Waals surface area contributed by atoms with Crippen LogP contribution in [0.5, 0.6) is 0 Å². The molecule has 3 unspecified atom stereocenters. The molecule has 2 fully saturated rings. The van der Waals surface area contributed by atoms with E-state index in [0.29, 0.717) is 18.4 Å². The lowest BCUT2D eigenvalue weighted by molar-refractivity contribution is -0.147. The largest absolute Gasteiger partial charge is 0.441 e. The van der Waals surface area contributed by atoms with Gasteiger partial charge >= 0.3 is 5.97 Å². The summed E-state index contributed by atoms with van der Waals surface area (Å²) < 4.78 is 5.34. The standard InChI is InChI=1S/C14H22N2O3/c17-7-6-10-8-11(18)19-14-12(10)13(15-16-14)9-4-2-1-3-5-9/h8-9,12-17H,1-7H2. The van der Waals surface area contributed by atoms with E-state index in [9.17, 15) is 9.90 Å². The average Bonchev–Trinajstić information content (AvgIpc) is 2.84. The van der Waals surface area contributed by atoms with Gasteiger partial charge in [-0.3, -0.25) is 5.43 Å². The zero-order valence-electron chi connectivity index (χ0n) is 11.1. The number of hydrogen-bond acceptors (Lipinski definition) is 5. The van der Waals surface area contributed by atoms with Crippen LogP contribution in [-0.2, 0) is 9.53 Å². The number of esters is 1. The van der Waals surface area contributed by atoms with Crippen LogP contribution in [0.4, 0.5) is 0 Å². The second-order valence-electron chi connectivity index (χ2n) is 5.79. The van der Waals surface area contributed by atoms with E-state index in [1.807, 2.05) is 0 Å². The summed E-state index contributed by atoms with van der Waals surface area (Å²) in [6.45, 7) is 0.0831. The molecule has 1 saturated carbocycles. The third kappa shape index (κ3) is 2.55. The van der Waals surface area contributed by atoms with Gasteiger partial charge in [0.2, 0.25) is 0 Å². The quantitative estimate of drug-likeness (QED) is 0.661. The highest BCUT2D eigenvalue weighted by Crippen LogP contribution is 2.38. The Labute approximate surface area is 113 Å². The van der Waals surface area contributed by atoms with E-state index in [2.05, 4.69) is 10.9 Å². The van der Waals surface area contributed by atoms with Gasteiger partial charge < -0.3 is 9.84 Å². The number of carbonyl (C=O) groups is 1. The fraction of sp³-hybridized carbons (Fsp3) is 0.786. The number of fused-ring (bicyclic) bond motifs is 1. The molecule has 0 aromatic heterocycles. The summed E-state index contributed by atoms with van der Waals surface area (Å²) in [5, 5.41) is 9.19. The first-order valence-corrected chi connectivity index (χ1v) is 7.32. The predicted molar refractivity (Wildman–Crippen MR) is 69.8 cm³/mol. The molecule has 3 rings (SSSR count). The molecular formula is C14H22N2O3. The van der Waals surface area contributed by atoms with Crippen LogP contribution in [0.1, 0.15) is 38.5 Å². The maximum absolute atomic E-state index is 11.5. The number of hydrogen-bond donors (Lipinski definition) is 3. The number of ether oxygens (including phenoxy) is 1. The van der Waals surface area contributed by atoms with Crippen molar-refractivity contribution in [3.63, 3.8) is 0 Å². The van der Waals surface area contributed by atoms with Crippen molar-refractivity contribution in [2.24, 2.45) is 11.8 Å². The molecule has 19 heavy (non-hydrogen) atoms. The molecule has 106 valence electrons. The summed E-state index contributed by atoms with van der Waals surface area (Å²) >= 11 is 0. The molecule has 0 bridgehead atoms. The molecule has 0 spiro atoms. The van der Waals surface area contributed by atoms with Gasteiger partial charge in [-0.25, -0.2) is 10.2 Å². The predicted octanol–water partition coefficient (Wildman–Crippen LogP) is 0.851. The molecule has 3 atom stereocenters. The molecule has 0 radical (unpaired) electrons. The number of aliphatic hydroxyl groups is 1. The molecule has 0 aromatic carbocycles. The maximum atomic E-state index is 11.5. The first-order valence-electron chi connectivity index (χ1n) is 7.32. The second kappa shape index (κ2) is 5.61. The summed E-state index contributed by atoms with van der Waals surface area (Å²) in [6.07, 6.45) is 8.25. The van der Waals surface area contributed by atoms with Crippen LogP contribution in [0.3, 0.4) is 0 Å². The fourth-order valence-corrected chi connectivity index (χ4v) is 3.75. The van der Waals surface area contributed by atoms with Crippen molar-refractivity contribution in [2.45, 2.75) is 50.8 Å². The Hall–Kier alpha value is -0.910. The van der Waals surface area contributed by atoms with Crippen LogP contribution in [0.15, 0.2) is 11.6 Å². The summed E-state index contributed by atoms with van der Waals surface area (Å²) in [5.41, 5.74) is 7.46. The number of nitrogens with one attached hydrogen (secondary N) is 2. The van der Waals surface area contributed by atoms with Crippen LogP contribution < -0.4 is 10.9 Å². The lowest BCUT2D eigenvalue weighted by atomic mass is 9.75. The van der Waals surface area contributed by atoms with E-state index in [1.54, 1.807) is 6.08 Å². The number of aliphatic hydroxyl groups excluding tert-OH is 1. The molecular weight excluding hydrogens is 244 g/mol. The number of hydrazine groups is 1. The summed E-state index contributed by atoms with van der Waals surface area (Å²) in [5.74, 6) is 0.506. The molecule has 1 saturated heterocycles. The van der Waals surface area contributed by atoms with Gasteiger partial charge in [0.05, 0.1) is 0 Å². The summed E-state index contributed by atoms with van der Waals surface area (Å²) in [7, 11) is 0. The highest BCUT2D eigenvalue weighted by Gasteiger charge is 2.45. The van der Waals surface area contributed by atoms with Crippen molar-refractivity contribution in [3.8, 4) is 0 Å². The highest BCUT2D eigenvalue weighted by molar-refractivity contribution is 5.84. The van der Waals surface area contributed by atoms with Gasteiger partial charge in [-0.1, -0.05) is 24.8 Å². The highest BCUT2D eigenvalue weighted by atomic mass is 16.6. The third-order valence-electron chi connectivity index (χ3n) is 4.64. The van der Waals surface area contributed by atoms with Crippen molar-refractivity contribution in [1.29, 1.82) is 0 Å². The van der Waals surface area contributed by atoms with Gasteiger partial charge in [0.15, 0.2) is 6.23 Å². The summed E-state index contributed by atoms with van der Waals surface area (Å²) in [4.78, 5) is 11.5. The molecule has 2 aliphatic heterocycles. The van der Waals surface area contributed by atoms with Crippen LogP contribution in [0, 0.1) is 11.8 Å². The maximum Gasteiger partial charge on any atom is 0.332 e. The van der Waals surface area contributed by atoms with Gasteiger partial charge in [0, 0.05) is 24.6 Å². The Balaban J connectivity index is 1.79. The Morgan fingerprint density at radius 1 is 1.26 bits per heavy atom. The Kier molecular flexibility index (Phi) is 3.86. The Morgan fingerprint density at radius 2 is 2.05 bits per heavy atom. The van der Waals surface area contributed by atoms with Gasteiger partial charge in [0.25, 0.3) is 0 Å². The Bertz CT molecular complexity index is 377. The lowest BCUT2D eigenvalue weighted by Gasteiger charge is -2.34. The van der Waals surface area contributed by atoms with Crippen molar-refractivity contribution in [2.75, 3.05) is 6.61 Å². The van der Waals surface area contributed by atoms with Gasteiger partial charge in [-0.2, -0.15) is 0 Å². The van der Waals surface area contributed by atoms with Crippen molar-refractivity contribution in [1.82, 2.24) is 10.9 Å². The topological polar surface area (TPSA) is 70.6 Å². The van der Waals surface area contributed by atoms with Gasteiger partial charge in [-0.15, -0.1) is 0 Å². The molecule has 2 heterocycles. The minimum absolute atomic E-state index is 0.0831.